The number of ether oxygens (including phenoxy) is 3. The van der Waals surface area contributed by atoms with Crippen LogP contribution < -0.4 is 14.2 Å². The van der Waals surface area contributed by atoms with Gasteiger partial charge in [-0.25, -0.2) is 0 Å². The van der Waals surface area contributed by atoms with Crippen LogP contribution in [0.4, 0.5) is 0 Å². The minimum absolute atomic E-state index is 0.316. The number of methoxy groups -OCH3 is 3. The fourth-order valence-corrected chi connectivity index (χ4v) is 1.04. The maximum Gasteiger partial charge on any atom is 0.152 e. The Morgan fingerprint density at radius 3 is 2.36 bits per heavy atom. The number of nitrogens with zero attached hydrogens (tertiary/aromatic N) is 1. The highest BCUT2D eigenvalue weighted by Crippen LogP contribution is 2.32. The maximum atomic E-state index is 8.85. The predicted octanol–water partition coefficient (Wildman–Crippen LogP) is 1.38. The summed E-state index contributed by atoms with van der Waals surface area (Å²) in [6.45, 7) is 0. The predicted molar refractivity (Wildman–Crippen MR) is 49.6 cm³/mol. The first-order valence-corrected chi connectivity index (χ1v) is 3.89. The third-order valence-electron chi connectivity index (χ3n) is 1.73. The minimum Gasteiger partial charge on any atom is -0.496 e. The summed E-state index contributed by atoms with van der Waals surface area (Å²) in [6.07, 6.45) is 0. The Balaban J connectivity index is 3.34. The van der Waals surface area contributed by atoms with Crippen LogP contribution in [0.25, 0.3) is 0 Å². The standard InChI is InChI=1S/C10H10NO3/c1-12-7-4-9(13-2)8(6-11)10(5-7)14-3/h4H,1-3H3. The molecule has 0 aromatic heterocycles. The first kappa shape index (κ1) is 10.2. The molecule has 1 aromatic rings. The van der Waals surface area contributed by atoms with Gasteiger partial charge in [-0.2, -0.15) is 5.26 Å². The number of benzene rings is 1. The summed E-state index contributed by atoms with van der Waals surface area (Å²) in [4.78, 5) is 0. The molecule has 0 amide bonds. The second-order valence-corrected chi connectivity index (χ2v) is 2.43. The molecule has 0 saturated heterocycles. The summed E-state index contributed by atoms with van der Waals surface area (Å²) in [5, 5.41) is 8.85. The minimum atomic E-state index is 0.316. The summed E-state index contributed by atoms with van der Waals surface area (Å²) in [5.74, 6) is 1.21. The van der Waals surface area contributed by atoms with Gasteiger partial charge in [0.25, 0.3) is 0 Å². The molecule has 1 aromatic carbocycles. The third kappa shape index (κ3) is 1.72. The molecule has 14 heavy (non-hydrogen) atoms. The van der Waals surface area contributed by atoms with Crippen molar-refractivity contribution in [2.24, 2.45) is 0 Å². The summed E-state index contributed by atoms with van der Waals surface area (Å²) < 4.78 is 15.0. The molecule has 1 rings (SSSR count). The van der Waals surface area contributed by atoms with E-state index in [1.54, 1.807) is 6.07 Å². The lowest BCUT2D eigenvalue weighted by Crippen LogP contribution is -1.95. The van der Waals surface area contributed by atoms with Gasteiger partial charge < -0.3 is 14.2 Å². The van der Waals surface area contributed by atoms with Crippen LogP contribution in [0.2, 0.25) is 0 Å². The fourth-order valence-electron chi connectivity index (χ4n) is 1.04. The van der Waals surface area contributed by atoms with E-state index in [0.717, 1.165) is 0 Å². The molecule has 4 nitrogen and oxygen atoms in total. The van der Waals surface area contributed by atoms with Crippen molar-refractivity contribution in [2.45, 2.75) is 0 Å². The Bertz CT molecular complexity index is 343. The largest absolute Gasteiger partial charge is 0.496 e. The molecule has 0 aliphatic rings. The molecule has 0 spiro atoms. The number of hydrogen-bond donors (Lipinski definition) is 0. The van der Waals surface area contributed by atoms with Crippen molar-refractivity contribution in [1.82, 2.24) is 0 Å². The Kier molecular flexibility index (Phi) is 3.19. The van der Waals surface area contributed by atoms with E-state index < -0.39 is 0 Å². The highest BCUT2D eigenvalue weighted by atomic mass is 16.5. The van der Waals surface area contributed by atoms with E-state index in [0.29, 0.717) is 22.8 Å². The van der Waals surface area contributed by atoms with E-state index in [4.69, 9.17) is 19.5 Å². The van der Waals surface area contributed by atoms with Crippen molar-refractivity contribution < 1.29 is 14.2 Å². The first-order valence-electron chi connectivity index (χ1n) is 3.89. The maximum absolute atomic E-state index is 8.85. The van der Waals surface area contributed by atoms with Crippen LogP contribution in [0.1, 0.15) is 5.56 Å². The smallest absolute Gasteiger partial charge is 0.152 e. The SMILES string of the molecule is COc1[c]c(OC)c(C#N)c(OC)c1. The van der Waals surface area contributed by atoms with Crippen LogP contribution in [-0.2, 0) is 0 Å². The van der Waals surface area contributed by atoms with E-state index in [2.05, 4.69) is 6.07 Å². The lowest BCUT2D eigenvalue weighted by atomic mass is 10.2. The van der Waals surface area contributed by atoms with Gasteiger partial charge in [0.1, 0.15) is 23.1 Å². The van der Waals surface area contributed by atoms with Crippen molar-refractivity contribution in [1.29, 1.82) is 5.26 Å². The normalized spacial score (nSPS) is 9.00. The van der Waals surface area contributed by atoms with Crippen molar-refractivity contribution in [3.8, 4) is 23.3 Å². The van der Waals surface area contributed by atoms with Crippen LogP contribution in [-0.4, -0.2) is 21.3 Å². The average Bonchev–Trinajstić information content (AvgIpc) is 2.26. The molecule has 73 valence electrons. The molecule has 0 bridgehead atoms. The second-order valence-electron chi connectivity index (χ2n) is 2.43. The van der Waals surface area contributed by atoms with Gasteiger partial charge in [0.2, 0.25) is 0 Å². The molecule has 4 heteroatoms. The molecule has 0 saturated carbocycles. The molecule has 0 N–H and O–H groups in total. The Morgan fingerprint density at radius 2 is 1.93 bits per heavy atom. The van der Waals surface area contributed by atoms with E-state index in [9.17, 15) is 0 Å². The van der Waals surface area contributed by atoms with Crippen LogP contribution in [0.3, 0.4) is 0 Å². The zero-order valence-corrected chi connectivity index (χ0v) is 8.25. The average molecular weight is 192 g/mol. The Morgan fingerprint density at radius 1 is 1.21 bits per heavy atom. The van der Waals surface area contributed by atoms with E-state index in [1.165, 1.54) is 21.3 Å². The third-order valence-corrected chi connectivity index (χ3v) is 1.73. The Labute approximate surface area is 82.6 Å². The lowest BCUT2D eigenvalue weighted by molar-refractivity contribution is 0.372. The van der Waals surface area contributed by atoms with Gasteiger partial charge in [0.05, 0.1) is 27.4 Å². The van der Waals surface area contributed by atoms with Gasteiger partial charge in [0, 0.05) is 6.07 Å². The lowest BCUT2D eigenvalue weighted by Gasteiger charge is -2.09. The highest BCUT2D eigenvalue weighted by molar-refractivity contribution is 5.56. The van der Waals surface area contributed by atoms with Crippen LogP contribution in [0.5, 0.6) is 17.2 Å². The van der Waals surface area contributed by atoms with Gasteiger partial charge in [-0.1, -0.05) is 0 Å². The van der Waals surface area contributed by atoms with Crippen molar-refractivity contribution >= 4 is 0 Å². The van der Waals surface area contributed by atoms with Crippen LogP contribution in [0, 0.1) is 17.4 Å². The van der Waals surface area contributed by atoms with Crippen LogP contribution >= 0.6 is 0 Å². The molecule has 0 heterocycles. The Hall–Kier alpha value is -1.89. The highest BCUT2D eigenvalue weighted by Gasteiger charge is 2.12. The van der Waals surface area contributed by atoms with Gasteiger partial charge in [-0.15, -0.1) is 0 Å². The van der Waals surface area contributed by atoms with E-state index >= 15 is 0 Å². The number of nitriles is 1. The molecule has 0 atom stereocenters. The van der Waals surface area contributed by atoms with E-state index in [-0.39, 0.29) is 0 Å². The second kappa shape index (κ2) is 4.38. The summed E-state index contributed by atoms with van der Waals surface area (Å²) in [6, 6.07) is 6.36. The van der Waals surface area contributed by atoms with Crippen molar-refractivity contribution in [3.05, 3.63) is 17.7 Å². The van der Waals surface area contributed by atoms with Crippen LogP contribution in [0.15, 0.2) is 6.07 Å². The van der Waals surface area contributed by atoms with Gasteiger partial charge >= 0.3 is 0 Å². The van der Waals surface area contributed by atoms with Crippen molar-refractivity contribution in [3.63, 3.8) is 0 Å². The summed E-state index contributed by atoms with van der Waals surface area (Å²) in [5.41, 5.74) is 0.316. The monoisotopic (exact) mass is 192 g/mol. The van der Waals surface area contributed by atoms with E-state index in [1.807, 2.05) is 6.07 Å². The first-order chi connectivity index (χ1) is 6.76. The molecule has 1 radical (unpaired) electrons. The molecule has 0 fully saturated rings. The van der Waals surface area contributed by atoms with Gasteiger partial charge in [-0.3, -0.25) is 0 Å². The molecule has 0 aliphatic heterocycles. The summed E-state index contributed by atoms with van der Waals surface area (Å²) in [7, 11) is 4.46. The number of rotatable bonds is 3. The molecular formula is C10H10NO3. The zero-order chi connectivity index (χ0) is 10.6. The van der Waals surface area contributed by atoms with Gasteiger partial charge in [0.15, 0.2) is 5.75 Å². The summed E-state index contributed by atoms with van der Waals surface area (Å²) >= 11 is 0. The topological polar surface area (TPSA) is 51.5 Å². The molecule has 0 unspecified atom stereocenters. The van der Waals surface area contributed by atoms with Gasteiger partial charge in [-0.05, 0) is 0 Å². The quantitative estimate of drug-likeness (QED) is 0.726. The van der Waals surface area contributed by atoms with Crippen molar-refractivity contribution in [2.75, 3.05) is 21.3 Å². The fraction of sp³-hybridized carbons (Fsp3) is 0.300. The molecular weight excluding hydrogens is 182 g/mol. The zero-order valence-electron chi connectivity index (χ0n) is 8.25. The number of hydrogen-bond acceptors (Lipinski definition) is 4. The molecule has 0 aliphatic carbocycles.